The summed E-state index contributed by atoms with van der Waals surface area (Å²) in [6, 6.07) is 12.3. The molecule has 0 bridgehead atoms. The molecule has 1 amide bonds. The van der Waals surface area contributed by atoms with E-state index in [1.54, 1.807) is 11.1 Å². The standard InChI is InChI=1S/C39H52N4O6/c1-10-46-33-23-42(19-16-30(33)35(44)48-38(4,5)6)36-40-17-14-32(41-36)29-13-11-12-25(2)34(29)47-24-27-20-26(3)31-22-43(18-15-28(31)21-27)37(45)49-39(7,8)9/h11-14,17,20-21,30,33H,10,15-16,18-19,22-24H2,1-9H3/t30-,33+/m1/s1. The fourth-order valence-electron chi connectivity index (χ4n) is 6.49. The van der Waals surface area contributed by atoms with Gasteiger partial charge in [0.2, 0.25) is 5.95 Å². The van der Waals surface area contributed by atoms with Gasteiger partial charge in [-0.3, -0.25) is 4.79 Å². The van der Waals surface area contributed by atoms with E-state index in [1.165, 1.54) is 11.1 Å². The Labute approximate surface area is 291 Å². The van der Waals surface area contributed by atoms with E-state index in [0.717, 1.165) is 40.1 Å². The topological polar surface area (TPSA) is 103 Å². The van der Waals surface area contributed by atoms with Crippen molar-refractivity contribution in [2.45, 2.75) is 106 Å². The van der Waals surface area contributed by atoms with Crippen molar-refractivity contribution in [2.24, 2.45) is 5.92 Å². The van der Waals surface area contributed by atoms with Crippen LogP contribution in [-0.4, -0.2) is 70.5 Å². The van der Waals surface area contributed by atoms with Gasteiger partial charge in [-0.15, -0.1) is 0 Å². The Morgan fingerprint density at radius 1 is 0.959 bits per heavy atom. The van der Waals surface area contributed by atoms with Gasteiger partial charge in [0, 0.05) is 44.5 Å². The average molecular weight is 673 g/mol. The number of carbonyl (C=O) groups excluding carboxylic acids is 2. The van der Waals surface area contributed by atoms with Crippen molar-refractivity contribution in [3.05, 3.63) is 70.4 Å². The van der Waals surface area contributed by atoms with Crippen molar-refractivity contribution >= 4 is 18.0 Å². The highest BCUT2D eigenvalue weighted by Gasteiger charge is 2.38. The van der Waals surface area contributed by atoms with Gasteiger partial charge in [-0.2, -0.15) is 0 Å². The normalized spacial score (nSPS) is 18.1. The first-order valence-electron chi connectivity index (χ1n) is 17.4. The van der Waals surface area contributed by atoms with Crippen LogP contribution in [0, 0.1) is 19.8 Å². The molecule has 2 atom stereocenters. The highest BCUT2D eigenvalue weighted by atomic mass is 16.6. The third-order valence-electron chi connectivity index (χ3n) is 8.72. The number of hydrogen-bond donors (Lipinski definition) is 0. The Morgan fingerprint density at radius 2 is 1.71 bits per heavy atom. The molecule has 0 saturated carbocycles. The number of ether oxygens (including phenoxy) is 4. The molecular weight excluding hydrogens is 620 g/mol. The molecule has 0 spiro atoms. The number of aromatic nitrogens is 2. The Hall–Kier alpha value is -4.18. The van der Waals surface area contributed by atoms with E-state index in [-0.39, 0.29) is 24.1 Å². The number of carbonyl (C=O) groups is 2. The van der Waals surface area contributed by atoms with Crippen molar-refractivity contribution in [3.8, 4) is 17.0 Å². The molecule has 3 aromatic rings. The molecule has 5 rings (SSSR count). The number of anilines is 1. The van der Waals surface area contributed by atoms with E-state index in [2.05, 4.69) is 28.9 Å². The van der Waals surface area contributed by atoms with Gasteiger partial charge in [0.15, 0.2) is 0 Å². The Bertz CT molecular complexity index is 1660. The fraction of sp³-hybridized carbons (Fsp3) is 0.538. The Balaban J connectivity index is 1.31. The molecule has 10 nitrogen and oxygen atoms in total. The van der Waals surface area contributed by atoms with Crippen LogP contribution in [0.15, 0.2) is 42.6 Å². The van der Waals surface area contributed by atoms with Crippen molar-refractivity contribution in [1.82, 2.24) is 14.9 Å². The molecule has 1 aromatic heterocycles. The van der Waals surface area contributed by atoms with Gasteiger partial charge in [0.25, 0.3) is 0 Å². The molecule has 0 aliphatic carbocycles. The fourth-order valence-corrected chi connectivity index (χ4v) is 6.49. The SMILES string of the molecule is CCO[C@H]1CN(c2nccc(-c3cccc(C)c3OCc3cc(C)c4c(c3)CCN(C(=O)OC(C)(C)C)C4)n2)CC[C@H]1C(=O)OC(C)(C)C. The second kappa shape index (κ2) is 14.7. The van der Waals surface area contributed by atoms with Gasteiger partial charge < -0.3 is 28.7 Å². The zero-order valence-electron chi connectivity index (χ0n) is 30.6. The van der Waals surface area contributed by atoms with Crippen LogP contribution >= 0.6 is 0 Å². The molecule has 10 heteroatoms. The largest absolute Gasteiger partial charge is 0.488 e. The number of nitrogens with zero attached hydrogens (tertiary/aromatic N) is 4. The zero-order chi connectivity index (χ0) is 35.5. The molecule has 1 fully saturated rings. The third kappa shape index (κ3) is 9.09. The number of aryl methyl sites for hydroxylation is 2. The maximum absolute atomic E-state index is 13.0. The summed E-state index contributed by atoms with van der Waals surface area (Å²) in [4.78, 5) is 39.2. The summed E-state index contributed by atoms with van der Waals surface area (Å²) >= 11 is 0. The molecule has 264 valence electrons. The summed E-state index contributed by atoms with van der Waals surface area (Å²) in [5.41, 5.74) is 6.20. The molecule has 2 aliphatic rings. The number of rotatable bonds is 8. The second-order valence-corrected chi connectivity index (χ2v) is 15.1. The lowest BCUT2D eigenvalue weighted by atomic mass is 9.93. The van der Waals surface area contributed by atoms with Crippen LogP contribution in [0.5, 0.6) is 5.75 Å². The lowest BCUT2D eigenvalue weighted by Crippen LogP contribution is -2.49. The number of esters is 1. The van der Waals surface area contributed by atoms with Gasteiger partial charge in [-0.05, 0) is 115 Å². The summed E-state index contributed by atoms with van der Waals surface area (Å²) in [7, 11) is 0. The Morgan fingerprint density at radius 3 is 2.43 bits per heavy atom. The number of fused-ring (bicyclic) bond motifs is 1. The van der Waals surface area contributed by atoms with E-state index < -0.39 is 11.2 Å². The van der Waals surface area contributed by atoms with Crippen molar-refractivity contribution in [1.29, 1.82) is 0 Å². The monoisotopic (exact) mass is 672 g/mol. The first kappa shape index (κ1) is 36.1. The van der Waals surface area contributed by atoms with Crippen molar-refractivity contribution < 1.29 is 28.5 Å². The maximum atomic E-state index is 13.0. The highest BCUT2D eigenvalue weighted by Crippen LogP contribution is 2.35. The summed E-state index contributed by atoms with van der Waals surface area (Å²) in [6.45, 7) is 20.5. The van der Waals surface area contributed by atoms with Gasteiger partial charge in [0.1, 0.15) is 23.6 Å². The molecule has 3 heterocycles. The lowest BCUT2D eigenvalue weighted by molar-refractivity contribution is -0.166. The number of para-hydroxylation sites is 1. The van der Waals surface area contributed by atoms with Crippen LogP contribution in [0.2, 0.25) is 0 Å². The number of amides is 1. The summed E-state index contributed by atoms with van der Waals surface area (Å²) in [5, 5.41) is 0. The second-order valence-electron chi connectivity index (χ2n) is 15.1. The predicted octanol–water partition coefficient (Wildman–Crippen LogP) is 7.21. The number of hydrogen-bond acceptors (Lipinski definition) is 9. The van der Waals surface area contributed by atoms with Crippen LogP contribution < -0.4 is 9.64 Å². The summed E-state index contributed by atoms with van der Waals surface area (Å²) in [5.74, 6) is 0.794. The van der Waals surface area contributed by atoms with E-state index >= 15 is 0 Å². The quantitative estimate of drug-likeness (QED) is 0.230. The molecule has 49 heavy (non-hydrogen) atoms. The number of piperidine rings is 1. The lowest BCUT2D eigenvalue weighted by Gasteiger charge is -2.38. The van der Waals surface area contributed by atoms with Crippen LogP contribution in [0.3, 0.4) is 0 Å². The zero-order valence-corrected chi connectivity index (χ0v) is 30.6. The maximum Gasteiger partial charge on any atom is 0.410 e. The minimum absolute atomic E-state index is 0.223. The highest BCUT2D eigenvalue weighted by molar-refractivity contribution is 5.74. The van der Waals surface area contributed by atoms with Crippen LogP contribution in [0.4, 0.5) is 10.7 Å². The van der Waals surface area contributed by atoms with Crippen molar-refractivity contribution in [2.75, 3.05) is 31.1 Å². The molecule has 1 saturated heterocycles. The molecule has 0 radical (unpaired) electrons. The summed E-state index contributed by atoms with van der Waals surface area (Å²) in [6.07, 6.45) is 2.53. The van der Waals surface area contributed by atoms with E-state index in [1.807, 2.05) is 79.7 Å². The van der Waals surface area contributed by atoms with Gasteiger partial charge >= 0.3 is 12.1 Å². The van der Waals surface area contributed by atoms with Crippen LogP contribution in [0.25, 0.3) is 11.3 Å². The predicted molar refractivity (Wildman–Crippen MR) is 190 cm³/mol. The molecule has 0 N–H and O–H groups in total. The Kier molecular flexibility index (Phi) is 10.9. The van der Waals surface area contributed by atoms with Crippen LogP contribution in [0.1, 0.15) is 82.7 Å². The van der Waals surface area contributed by atoms with Crippen LogP contribution in [-0.2, 0) is 38.6 Å². The van der Waals surface area contributed by atoms with E-state index in [0.29, 0.717) is 51.8 Å². The molecule has 2 aromatic carbocycles. The molecule has 2 aliphatic heterocycles. The van der Waals surface area contributed by atoms with Crippen molar-refractivity contribution in [3.63, 3.8) is 0 Å². The first-order valence-corrected chi connectivity index (χ1v) is 17.4. The van der Waals surface area contributed by atoms with Gasteiger partial charge in [0.05, 0.1) is 17.7 Å². The van der Waals surface area contributed by atoms with E-state index in [9.17, 15) is 9.59 Å². The molecular formula is C39H52N4O6. The smallest absolute Gasteiger partial charge is 0.410 e. The average Bonchev–Trinajstić information content (AvgIpc) is 3.02. The first-order chi connectivity index (χ1) is 23.1. The molecule has 0 unspecified atom stereocenters. The summed E-state index contributed by atoms with van der Waals surface area (Å²) < 4.78 is 23.9. The minimum Gasteiger partial charge on any atom is -0.488 e. The third-order valence-corrected chi connectivity index (χ3v) is 8.72. The number of benzene rings is 2. The van der Waals surface area contributed by atoms with Gasteiger partial charge in [-0.1, -0.05) is 24.3 Å². The van der Waals surface area contributed by atoms with E-state index in [4.69, 9.17) is 23.9 Å². The minimum atomic E-state index is -0.556. The van der Waals surface area contributed by atoms with Gasteiger partial charge in [-0.25, -0.2) is 14.8 Å².